The summed E-state index contributed by atoms with van der Waals surface area (Å²) in [4.78, 5) is 0. The molecule has 9 aromatic carbocycles. The van der Waals surface area contributed by atoms with Gasteiger partial charge in [0, 0.05) is 7.11 Å². The van der Waals surface area contributed by atoms with Crippen molar-refractivity contribution in [2.45, 2.75) is 297 Å². The zero-order valence-electron chi connectivity index (χ0n) is 80.0. The number of aryl methyl sites for hydroxylation is 7. The van der Waals surface area contributed by atoms with E-state index in [1.54, 1.807) is 50.1 Å². The van der Waals surface area contributed by atoms with Gasteiger partial charge in [-0.3, -0.25) is 0 Å². The highest BCUT2D eigenvalue weighted by atomic mass is 28.4. The third-order valence-electron chi connectivity index (χ3n) is 31.5. The van der Waals surface area contributed by atoms with Gasteiger partial charge in [-0.2, -0.15) is 0 Å². The zero-order chi connectivity index (χ0) is 88.5. The maximum absolute atomic E-state index is 8.62. The van der Waals surface area contributed by atoms with Gasteiger partial charge in [0.25, 0.3) is 0 Å². The first-order chi connectivity index (χ1) is 59.0. The molecule has 10 unspecified atom stereocenters. The predicted octanol–water partition coefficient (Wildman–Crippen LogP) is 27.7. The Bertz CT molecular complexity index is 5860. The van der Waals surface area contributed by atoms with E-state index in [0.29, 0.717) is 45.8 Å². The minimum atomic E-state index is -2.61. The average Bonchev–Trinajstić information content (AvgIpc) is 0.692. The summed E-state index contributed by atoms with van der Waals surface area (Å²) in [6, 6.07) is 68.8. The highest BCUT2D eigenvalue weighted by molar-refractivity contribution is 6.89. The molecule has 0 aliphatic heterocycles. The van der Waals surface area contributed by atoms with Crippen LogP contribution in [0.5, 0.6) is 0 Å². The quantitative estimate of drug-likeness (QED) is 0.0506. The standard InChI is InChI=1S/C112H146O4Si9/c1-76-24-25-78(58-77(76)2)52-56-119(10,11)115-124(20,21)110-73-101-67-98(47-43-92(101)68-104(110)95-44-35-83-33-38-87(83)63-95)112-107(103-49-48-91(65-102(103)74-111(112)122(16,17)113-3)90-41-40-86-60-79(27-30-89(86)62-90)50-54-117(4,5)6)75-121(14,15)116-125(22,23)109-72-94-42-46-97(66-100(94)70-106(109)96-45-36-84-34-39-88(84)64-96)105-69-99-61-80(51-55-118(7,8)9)28-31-93(99)71-108(105)123(18,19)114-120(12,13)57-53-81-26-29-82-32-37-85(82)59-81/h24-31,35-36,42-61,63-67,90,104-112H,1-2,32-34,37-41,62,68-75H2,3-23H3/b54-50+,55-51+,56-52+,57-53+. The Morgan fingerprint density at radius 1 is 0.296 bits per heavy atom. The van der Waals surface area contributed by atoms with Gasteiger partial charge in [-0.05, 0) is 414 Å². The Balaban J connectivity index is 0.719. The maximum Gasteiger partial charge on any atom is 0.198 e. The van der Waals surface area contributed by atoms with Crippen molar-refractivity contribution < 1.29 is 16.8 Å². The monoisotopic (exact) mass is 1810 g/mol. The number of fused-ring (bicyclic) bond motifs is 8. The highest BCUT2D eigenvalue weighted by Gasteiger charge is 2.54. The van der Waals surface area contributed by atoms with Crippen molar-refractivity contribution in [3.63, 3.8) is 0 Å². The fourth-order valence-corrected chi connectivity index (χ4v) is 55.9. The minimum absolute atomic E-state index is 0.247. The second-order valence-electron chi connectivity index (χ2n) is 46.1. The number of hydrogen-bond donors (Lipinski definition) is 0. The van der Waals surface area contributed by atoms with Crippen LogP contribution in [0.1, 0.15) is 181 Å². The third-order valence-corrected chi connectivity index (χ3v) is 60.5. The van der Waals surface area contributed by atoms with Gasteiger partial charge in [0.2, 0.25) is 0 Å². The molecule has 13 heteroatoms. The number of rotatable bonds is 26. The van der Waals surface area contributed by atoms with Crippen LogP contribution in [0.2, 0.25) is 159 Å². The smallest absolute Gasteiger partial charge is 0.198 e. The number of benzene rings is 9. The van der Waals surface area contributed by atoms with Gasteiger partial charge in [-0.15, -0.1) is 0 Å². The van der Waals surface area contributed by atoms with Gasteiger partial charge in [-0.1, -0.05) is 257 Å². The molecule has 0 saturated heterocycles. The van der Waals surface area contributed by atoms with Crippen molar-refractivity contribution >= 4 is 112 Å². The molecule has 0 bridgehead atoms. The molecule has 0 aromatic heterocycles. The minimum Gasteiger partial charge on any atom is -0.455 e. The fraction of sp³-hybridized carbons (Fsp3) is 0.429. The molecule has 654 valence electrons. The van der Waals surface area contributed by atoms with Gasteiger partial charge in [-0.25, -0.2) is 0 Å². The van der Waals surface area contributed by atoms with E-state index in [2.05, 4.69) is 362 Å². The second-order valence-corrected chi connectivity index (χ2v) is 85.9. The lowest BCUT2D eigenvalue weighted by atomic mass is 9.70. The van der Waals surface area contributed by atoms with Crippen LogP contribution in [0.4, 0.5) is 0 Å². The molecule has 0 saturated carbocycles. The molecule has 10 atom stereocenters. The van der Waals surface area contributed by atoms with Crippen LogP contribution >= 0.6 is 0 Å². The predicted molar refractivity (Wildman–Crippen MR) is 560 cm³/mol. The van der Waals surface area contributed by atoms with E-state index in [1.165, 1.54) is 134 Å². The molecule has 0 radical (unpaired) electrons. The van der Waals surface area contributed by atoms with Gasteiger partial charge in [0.05, 0.1) is 16.1 Å². The Kier molecular flexibility index (Phi) is 25.1. The zero-order valence-corrected chi connectivity index (χ0v) is 89.0. The van der Waals surface area contributed by atoms with Crippen molar-refractivity contribution in [3.8, 4) is 0 Å². The lowest BCUT2D eigenvalue weighted by Gasteiger charge is -2.50. The summed E-state index contributed by atoms with van der Waals surface area (Å²) < 4.78 is 31.5. The molecule has 4 nitrogen and oxygen atoms in total. The lowest BCUT2D eigenvalue weighted by Crippen LogP contribution is -2.52. The summed E-state index contributed by atoms with van der Waals surface area (Å²) in [6.07, 6.45) is 27.4. The summed E-state index contributed by atoms with van der Waals surface area (Å²) in [5.41, 5.74) is 49.0. The summed E-state index contributed by atoms with van der Waals surface area (Å²) in [5, 5.41) is 1.96. The Hall–Kier alpha value is -6.53. The molecule has 0 amide bonds. The van der Waals surface area contributed by atoms with E-state index in [4.69, 9.17) is 16.8 Å². The highest BCUT2D eigenvalue weighted by Crippen LogP contribution is 2.59. The Morgan fingerprint density at radius 3 is 1.13 bits per heavy atom. The molecule has 8 aliphatic rings. The fourth-order valence-electron chi connectivity index (χ4n) is 24.3. The molecule has 0 heterocycles. The van der Waals surface area contributed by atoms with E-state index < -0.39 is 74.4 Å². The topological polar surface area (TPSA) is 36.9 Å². The normalized spacial score (nSPS) is 22.8. The van der Waals surface area contributed by atoms with Crippen molar-refractivity contribution in [3.05, 3.63) is 336 Å². The van der Waals surface area contributed by atoms with E-state index in [0.717, 1.165) is 74.3 Å². The third kappa shape index (κ3) is 19.9. The summed E-state index contributed by atoms with van der Waals surface area (Å²) in [7, 11) is -17.7. The lowest BCUT2D eigenvalue weighted by molar-refractivity contribution is 0.358. The second kappa shape index (κ2) is 34.6. The molecule has 0 spiro atoms. The van der Waals surface area contributed by atoms with E-state index in [-0.39, 0.29) is 11.8 Å². The van der Waals surface area contributed by atoms with Crippen molar-refractivity contribution in [1.82, 2.24) is 0 Å². The summed E-state index contributed by atoms with van der Waals surface area (Å²) in [6.45, 7) is 59.0. The van der Waals surface area contributed by atoms with Crippen LogP contribution in [0.15, 0.2) is 187 Å². The van der Waals surface area contributed by atoms with Crippen molar-refractivity contribution in [2.24, 2.45) is 0 Å². The van der Waals surface area contributed by atoms with Crippen molar-refractivity contribution in [1.29, 1.82) is 0 Å². The first-order valence-corrected chi connectivity index (χ1v) is 76.3. The molecule has 0 fully saturated rings. The van der Waals surface area contributed by atoms with Gasteiger partial charge in [0.15, 0.2) is 58.2 Å². The van der Waals surface area contributed by atoms with Crippen LogP contribution < -0.4 is 10.4 Å². The average molecular weight is 1810 g/mol. The molecule has 8 aliphatic carbocycles. The molecule has 17 rings (SSSR count). The van der Waals surface area contributed by atoms with E-state index in [1.807, 2.05) is 0 Å². The van der Waals surface area contributed by atoms with Crippen LogP contribution in [0.3, 0.4) is 0 Å². The van der Waals surface area contributed by atoms with Crippen LogP contribution in [0.25, 0.3) is 37.5 Å². The van der Waals surface area contributed by atoms with E-state index >= 15 is 0 Å². The SMILES string of the molecule is C=c1ccc(/C=C/[Si](C)(C)O[Si](C)(C)C2Cc3cc(C4C(C[Si](C)(C)O[Si](C)(C)C5Cc6ccc(C7Cc8cc(/C=C/[Si](C)(C)C)ccc8CC7[Si](C)(C)O[Si](C)(C)/C=C/c7ccc8c(c7)CC8)cc6CC5c5ccc6c(c5)CC6)c5ccc(C6CCc7cc(/C=C/[Si](C)(C)C)ccc7C6)cc5CC4[Si](C)(C)OC)ccc3CC2c2ccc3c(c2)CC3)cc1=C. The van der Waals surface area contributed by atoms with Crippen LogP contribution in [-0.2, 0) is 113 Å². The summed E-state index contributed by atoms with van der Waals surface area (Å²) >= 11 is 0. The maximum atomic E-state index is 8.62. The molecular weight excluding hydrogens is 1660 g/mol. The van der Waals surface area contributed by atoms with Crippen LogP contribution in [0, 0.1) is 0 Å². The number of hydrogen-bond acceptors (Lipinski definition) is 4. The Labute approximate surface area is 763 Å². The largest absolute Gasteiger partial charge is 0.455 e. The van der Waals surface area contributed by atoms with Gasteiger partial charge >= 0.3 is 0 Å². The van der Waals surface area contributed by atoms with E-state index in [9.17, 15) is 0 Å². The van der Waals surface area contributed by atoms with Crippen molar-refractivity contribution in [2.75, 3.05) is 7.11 Å². The first kappa shape index (κ1) is 90.4. The Morgan fingerprint density at radius 2 is 0.648 bits per heavy atom. The molecular formula is C112H146O4Si9. The molecule has 0 N–H and O–H groups in total. The first-order valence-electron chi connectivity index (χ1n) is 48.1. The van der Waals surface area contributed by atoms with Crippen LogP contribution in [-0.4, -0.2) is 81.5 Å². The molecule has 9 aromatic rings. The van der Waals surface area contributed by atoms with Gasteiger partial charge in [0.1, 0.15) is 0 Å². The summed E-state index contributed by atoms with van der Waals surface area (Å²) in [5.74, 6) is 2.07. The molecule has 125 heavy (non-hydrogen) atoms. The van der Waals surface area contributed by atoms with Gasteiger partial charge < -0.3 is 16.8 Å².